The third-order valence-corrected chi connectivity index (χ3v) is 5.43. The molecule has 30 heavy (non-hydrogen) atoms. The van der Waals surface area contributed by atoms with Crippen molar-refractivity contribution in [2.45, 2.75) is 38.1 Å². The molecule has 0 aromatic heterocycles. The van der Waals surface area contributed by atoms with E-state index < -0.39 is 12.0 Å². The van der Waals surface area contributed by atoms with Crippen molar-refractivity contribution >= 4 is 11.5 Å². The van der Waals surface area contributed by atoms with Gasteiger partial charge in [-0.15, -0.1) is 0 Å². The number of fused-ring (bicyclic) bond motifs is 1. The molecular weight excluding hydrogens is 376 g/mol. The van der Waals surface area contributed by atoms with Crippen LogP contribution in [0.3, 0.4) is 0 Å². The number of rotatable bonds is 13. The molecule has 5 nitrogen and oxygen atoms in total. The van der Waals surface area contributed by atoms with Crippen LogP contribution < -0.4 is 5.32 Å². The number of carboxylic acid groups (broad SMARTS) is 1. The largest absolute Gasteiger partial charge is 0.480 e. The average Bonchev–Trinajstić information content (AvgIpc) is 3.01. The van der Waals surface area contributed by atoms with Gasteiger partial charge < -0.3 is 15.2 Å². The summed E-state index contributed by atoms with van der Waals surface area (Å²) >= 11 is 0. The van der Waals surface area contributed by atoms with E-state index in [0.29, 0.717) is 25.5 Å². The van der Waals surface area contributed by atoms with E-state index in [-0.39, 0.29) is 5.92 Å². The first kappa shape index (κ1) is 23.5. The van der Waals surface area contributed by atoms with Gasteiger partial charge in [-0.25, -0.2) is 0 Å². The second kappa shape index (κ2) is 11.4. The molecule has 0 fully saturated rings. The van der Waals surface area contributed by atoms with Gasteiger partial charge in [0.05, 0.1) is 0 Å². The van der Waals surface area contributed by atoms with Crippen LogP contribution in [-0.4, -0.2) is 49.3 Å². The van der Waals surface area contributed by atoms with Crippen molar-refractivity contribution in [1.29, 1.82) is 0 Å². The molecule has 0 bridgehead atoms. The number of carbonyl (C=O) groups is 1. The second-order valence-corrected chi connectivity index (χ2v) is 7.69. The Morgan fingerprint density at radius 3 is 2.70 bits per heavy atom. The van der Waals surface area contributed by atoms with Gasteiger partial charge in [-0.1, -0.05) is 49.1 Å². The van der Waals surface area contributed by atoms with Crippen molar-refractivity contribution < 1.29 is 14.6 Å². The van der Waals surface area contributed by atoms with Crippen LogP contribution in [0, 0.1) is 0 Å². The minimum absolute atomic E-state index is 0.125. The van der Waals surface area contributed by atoms with E-state index in [9.17, 15) is 9.90 Å². The normalized spacial score (nSPS) is 16.6. The van der Waals surface area contributed by atoms with Crippen LogP contribution >= 0.6 is 0 Å². The van der Waals surface area contributed by atoms with Crippen LogP contribution in [0.1, 0.15) is 43.2 Å². The number of carboxylic acids is 1. The number of hydrogen-bond acceptors (Lipinski definition) is 4. The number of likely N-dealkylation sites (N-methyl/N-ethyl adjacent to an activating group) is 1. The van der Waals surface area contributed by atoms with Crippen molar-refractivity contribution in [2.24, 2.45) is 0 Å². The first-order valence-electron chi connectivity index (χ1n) is 10.4. The number of benzene rings is 1. The van der Waals surface area contributed by atoms with E-state index in [1.54, 1.807) is 19.0 Å². The van der Waals surface area contributed by atoms with Gasteiger partial charge in [0.1, 0.15) is 12.6 Å². The molecule has 0 radical (unpaired) electrons. The molecular formula is C25H34N2O3. The smallest absolute Gasteiger partial charge is 0.320 e. The summed E-state index contributed by atoms with van der Waals surface area (Å²) in [5, 5.41) is 12.4. The quantitative estimate of drug-likeness (QED) is 0.369. The van der Waals surface area contributed by atoms with E-state index in [0.717, 1.165) is 12.8 Å². The fraction of sp³-hybridized carbons (Fsp3) is 0.400. The Morgan fingerprint density at radius 2 is 2.07 bits per heavy atom. The van der Waals surface area contributed by atoms with Gasteiger partial charge in [-0.2, -0.15) is 0 Å². The highest BCUT2D eigenvalue weighted by molar-refractivity contribution is 5.86. The molecule has 1 unspecified atom stereocenters. The monoisotopic (exact) mass is 410 g/mol. The van der Waals surface area contributed by atoms with E-state index in [4.69, 9.17) is 4.74 Å². The standard InChI is InChI=1S/C25H34N2O3/c1-6-12-20-19(7-2)23(22-14-9-8-13-21(20)22)17-30-18(3)26-16-11-10-15-24(25(28)29)27(4)5/h6-9,12-14,23-24,26H,2-3,10-11,15-17H2,1,4-5H3,(H,28,29)/b12-6-/t23?,24-/m0/s1. The maximum atomic E-state index is 11.2. The molecule has 162 valence electrons. The van der Waals surface area contributed by atoms with Gasteiger partial charge in [0.2, 0.25) is 0 Å². The fourth-order valence-electron chi connectivity index (χ4n) is 3.87. The van der Waals surface area contributed by atoms with E-state index in [1.807, 2.05) is 19.1 Å². The van der Waals surface area contributed by atoms with Crippen molar-refractivity contribution in [3.63, 3.8) is 0 Å². The minimum atomic E-state index is -0.777. The molecule has 2 N–H and O–H groups in total. The van der Waals surface area contributed by atoms with E-state index in [1.165, 1.54) is 22.3 Å². The zero-order valence-corrected chi connectivity index (χ0v) is 18.4. The lowest BCUT2D eigenvalue weighted by molar-refractivity contribution is -0.142. The van der Waals surface area contributed by atoms with Crippen LogP contribution in [0.5, 0.6) is 0 Å². The molecule has 1 aliphatic rings. The lowest BCUT2D eigenvalue weighted by atomic mass is 9.96. The molecule has 0 heterocycles. The summed E-state index contributed by atoms with van der Waals surface area (Å²) < 4.78 is 5.93. The van der Waals surface area contributed by atoms with Crippen molar-refractivity contribution in [2.75, 3.05) is 27.2 Å². The van der Waals surface area contributed by atoms with Crippen LogP contribution in [0.25, 0.3) is 5.57 Å². The van der Waals surface area contributed by atoms with Gasteiger partial charge in [0.25, 0.3) is 0 Å². The molecule has 0 saturated carbocycles. The summed E-state index contributed by atoms with van der Waals surface area (Å²) in [4.78, 5) is 13.0. The van der Waals surface area contributed by atoms with Crippen LogP contribution in [0.15, 0.2) is 67.1 Å². The van der Waals surface area contributed by atoms with Crippen molar-refractivity contribution in [3.8, 4) is 0 Å². The van der Waals surface area contributed by atoms with Gasteiger partial charge in [0, 0.05) is 12.5 Å². The second-order valence-electron chi connectivity index (χ2n) is 7.69. The van der Waals surface area contributed by atoms with Gasteiger partial charge in [0.15, 0.2) is 5.88 Å². The maximum absolute atomic E-state index is 11.2. The number of allylic oxidation sites excluding steroid dienone is 4. The number of ether oxygens (including phenoxy) is 1. The van der Waals surface area contributed by atoms with Crippen molar-refractivity contribution in [3.05, 3.63) is 78.2 Å². The number of unbranched alkanes of at least 4 members (excludes halogenated alkanes) is 1. The molecule has 0 aliphatic heterocycles. The average molecular weight is 411 g/mol. The molecule has 1 aromatic carbocycles. The summed E-state index contributed by atoms with van der Waals surface area (Å²) in [7, 11) is 3.59. The lowest BCUT2D eigenvalue weighted by Crippen LogP contribution is -2.35. The highest BCUT2D eigenvalue weighted by atomic mass is 16.5. The molecule has 0 saturated heterocycles. The Bertz CT molecular complexity index is 823. The van der Waals surface area contributed by atoms with Crippen molar-refractivity contribution in [1.82, 2.24) is 10.2 Å². The van der Waals surface area contributed by atoms with Gasteiger partial charge >= 0.3 is 5.97 Å². The SMILES string of the molecule is C=CC1=C(/C=C\C)c2ccccc2C1COC(=C)NCCCC[C@@H](C(=O)O)N(C)C. The predicted octanol–water partition coefficient (Wildman–Crippen LogP) is 4.56. The Labute approximate surface area is 180 Å². The van der Waals surface area contributed by atoms with E-state index in [2.05, 4.69) is 48.8 Å². The third-order valence-electron chi connectivity index (χ3n) is 5.43. The highest BCUT2D eigenvalue weighted by Crippen LogP contribution is 2.43. The van der Waals surface area contributed by atoms with Crippen LogP contribution in [-0.2, 0) is 9.53 Å². The van der Waals surface area contributed by atoms with Gasteiger partial charge in [-0.3, -0.25) is 9.69 Å². The van der Waals surface area contributed by atoms with Gasteiger partial charge in [-0.05, 0) is 69.1 Å². The van der Waals surface area contributed by atoms with E-state index >= 15 is 0 Å². The fourth-order valence-corrected chi connectivity index (χ4v) is 3.87. The Balaban J connectivity index is 1.84. The molecule has 5 heteroatoms. The summed E-state index contributed by atoms with van der Waals surface area (Å²) in [6.45, 7) is 11.2. The zero-order chi connectivity index (χ0) is 22.1. The first-order chi connectivity index (χ1) is 14.4. The molecule has 2 rings (SSSR count). The third kappa shape index (κ3) is 5.86. The predicted molar refractivity (Wildman–Crippen MR) is 123 cm³/mol. The summed E-state index contributed by atoms with van der Waals surface area (Å²) in [5.74, 6) is -0.112. The molecule has 0 amide bonds. The minimum Gasteiger partial charge on any atom is -0.480 e. The Kier molecular flexibility index (Phi) is 8.93. The molecule has 0 spiro atoms. The first-order valence-corrected chi connectivity index (χ1v) is 10.4. The van der Waals surface area contributed by atoms with Crippen LogP contribution in [0.2, 0.25) is 0 Å². The highest BCUT2D eigenvalue weighted by Gasteiger charge is 2.28. The lowest BCUT2D eigenvalue weighted by Gasteiger charge is -2.20. The molecule has 1 aromatic rings. The topological polar surface area (TPSA) is 61.8 Å². The summed E-state index contributed by atoms with van der Waals surface area (Å²) in [5.41, 5.74) is 4.85. The Hall–Kier alpha value is -2.79. The summed E-state index contributed by atoms with van der Waals surface area (Å²) in [6.07, 6.45) is 8.39. The number of nitrogens with one attached hydrogen (secondary N) is 1. The Morgan fingerprint density at radius 1 is 1.33 bits per heavy atom. The maximum Gasteiger partial charge on any atom is 0.320 e. The number of nitrogens with zero attached hydrogens (tertiary/aromatic N) is 1. The van der Waals surface area contributed by atoms with Crippen LogP contribution in [0.4, 0.5) is 0 Å². The number of hydrogen-bond donors (Lipinski definition) is 2. The molecule has 1 aliphatic carbocycles. The zero-order valence-electron chi connectivity index (χ0n) is 18.4. The molecule has 2 atom stereocenters. The number of aliphatic carboxylic acids is 1. The summed E-state index contributed by atoms with van der Waals surface area (Å²) in [6, 6.07) is 7.94.